The van der Waals surface area contributed by atoms with E-state index < -0.39 is 5.97 Å². The zero-order valence-electron chi connectivity index (χ0n) is 11.5. The molecular weight excluding hydrogens is 246 g/mol. The SMILES string of the molecule is CN(CC1CC1)C(=O)N1CCCN(CC(=O)O)CC1. The first-order valence-corrected chi connectivity index (χ1v) is 7.00. The van der Waals surface area contributed by atoms with Crippen LogP contribution in [0.1, 0.15) is 19.3 Å². The summed E-state index contributed by atoms with van der Waals surface area (Å²) in [6, 6.07) is 0.0871. The molecule has 0 aromatic heterocycles. The third-order valence-electron chi connectivity index (χ3n) is 3.77. The Balaban J connectivity index is 1.80. The third-order valence-corrected chi connectivity index (χ3v) is 3.77. The van der Waals surface area contributed by atoms with Crippen LogP contribution in [0.2, 0.25) is 0 Å². The highest BCUT2D eigenvalue weighted by Crippen LogP contribution is 2.29. The maximum Gasteiger partial charge on any atom is 0.319 e. The normalized spacial score (nSPS) is 21.0. The second kappa shape index (κ2) is 6.23. The number of carboxylic acids is 1. The fraction of sp³-hybridized carbons (Fsp3) is 0.846. The number of amides is 2. The lowest BCUT2D eigenvalue weighted by atomic mass is 10.3. The molecule has 0 bridgehead atoms. The van der Waals surface area contributed by atoms with E-state index in [0.29, 0.717) is 19.0 Å². The topological polar surface area (TPSA) is 64.1 Å². The van der Waals surface area contributed by atoms with Crippen molar-refractivity contribution in [3.63, 3.8) is 0 Å². The molecule has 0 radical (unpaired) electrons. The first-order chi connectivity index (χ1) is 9.06. The van der Waals surface area contributed by atoms with Gasteiger partial charge in [-0.3, -0.25) is 9.69 Å². The molecule has 1 aliphatic carbocycles. The summed E-state index contributed by atoms with van der Waals surface area (Å²) in [7, 11) is 1.86. The lowest BCUT2D eigenvalue weighted by molar-refractivity contribution is -0.138. The second-order valence-electron chi connectivity index (χ2n) is 5.62. The summed E-state index contributed by atoms with van der Waals surface area (Å²) < 4.78 is 0. The minimum absolute atomic E-state index is 0.0694. The fourth-order valence-electron chi connectivity index (χ4n) is 2.52. The van der Waals surface area contributed by atoms with Gasteiger partial charge in [0, 0.05) is 39.8 Å². The van der Waals surface area contributed by atoms with Gasteiger partial charge in [-0.25, -0.2) is 4.79 Å². The van der Waals surface area contributed by atoms with Crippen LogP contribution in [0.4, 0.5) is 4.79 Å². The van der Waals surface area contributed by atoms with Crippen LogP contribution in [0.15, 0.2) is 0 Å². The summed E-state index contributed by atoms with van der Waals surface area (Å²) in [4.78, 5) is 28.5. The Morgan fingerprint density at radius 1 is 1.21 bits per heavy atom. The van der Waals surface area contributed by atoms with Crippen LogP contribution in [0.3, 0.4) is 0 Å². The van der Waals surface area contributed by atoms with Crippen LogP contribution in [0.5, 0.6) is 0 Å². The molecular formula is C13H23N3O3. The van der Waals surface area contributed by atoms with E-state index in [1.807, 2.05) is 21.7 Å². The van der Waals surface area contributed by atoms with Crippen LogP contribution < -0.4 is 0 Å². The molecule has 6 heteroatoms. The minimum atomic E-state index is -0.800. The molecule has 1 saturated heterocycles. The highest BCUT2D eigenvalue weighted by Gasteiger charge is 2.28. The smallest absolute Gasteiger partial charge is 0.319 e. The van der Waals surface area contributed by atoms with Crippen molar-refractivity contribution in [2.45, 2.75) is 19.3 Å². The van der Waals surface area contributed by atoms with Crippen LogP contribution in [0, 0.1) is 5.92 Å². The maximum atomic E-state index is 12.3. The summed E-state index contributed by atoms with van der Waals surface area (Å²) >= 11 is 0. The number of nitrogens with zero attached hydrogens (tertiary/aromatic N) is 3. The number of aliphatic carboxylic acids is 1. The number of rotatable bonds is 4. The predicted molar refractivity (Wildman–Crippen MR) is 71.0 cm³/mol. The third kappa shape index (κ3) is 4.38. The van der Waals surface area contributed by atoms with Crippen molar-refractivity contribution in [2.75, 3.05) is 46.3 Å². The minimum Gasteiger partial charge on any atom is -0.480 e. The Morgan fingerprint density at radius 2 is 1.95 bits per heavy atom. The van der Waals surface area contributed by atoms with Gasteiger partial charge in [0.15, 0.2) is 0 Å². The van der Waals surface area contributed by atoms with E-state index in [4.69, 9.17) is 5.11 Å². The van der Waals surface area contributed by atoms with Gasteiger partial charge in [-0.05, 0) is 25.2 Å². The number of carboxylic acid groups (broad SMARTS) is 1. The van der Waals surface area contributed by atoms with Crippen LogP contribution in [-0.2, 0) is 4.79 Å². The molecule has 2 rings (SSSR count). The molecule has 1 saturated carbocycles. The largest absolute Gasteiger partial charge is 0.480 e. The van der Waals surface area contributed by atoms with Crippen LogP contribution >= 0.6 is 0 Å². The zero-order valence-corrected chi connectivity index (χ0v) is 11.5. The molecule has 1 N–H and O–H groups in total. The lowest BCUT2D eigenvalue weighted by Gasteiger charge is -2.27. The van der Waals surface area contributed by atoms with E-state index in [-0.39, 0.29) is 12.6 Å². The molecule has 0 spiro atoms. The Bertz CT molecular complexity index is 344. The molecule has 108 valence electrons. The molecule has 6 nitrogen and oxygen atoms in total. The van der Waals surface area contributed by atoms with Gasteiger partial charge in [0.1, 0.15) is 0 Å². The highest BCUT2D eigenvalue weighted by atomic mass is 16.4. The average molecular weight is 269 g/mol. The van der Waals surface area contributed by atoms with Gasteiger partial charge in [0.2, 0.25) is 0 Å². The summed E-state index contributed by atoms with van der Waals surface area (Å²) in [6.45, 7) is 3.68. The van der Waals surface area contributed by atoms with Crippen molar-refractivity contribution in [3.8, 4) is 0 Å². The highest BCUT2D eigenvalue weighted by molar-refractivity contribution is 5.74. The number of carbonyl (C=O) groups is 2. The molecule has 2 amide bonds. The Morgan fingerprint density at radius 3 is 2.58 bits per heavy atom. The molecule has 1 heterocycles. The van der Waals surface area contributed by atoms with Gasteiger partial charge in [0.05, 0.1) is 6.54 Å². The predicted octanol–water partition coefficient (Wildman–Crippen LogP) is 0.540. The first kappa shape index (κ1) is 14.1. The van der Waals surface area contributed by atoms with Crippen molar-refractivity contribution in [1.29, 1.82) is 0 Å². The molecule has 1 aliphatic heterocycles. The summed E-state index contributed by atoms with van der Waals surface area (Å²) in [5.41, 5.74) is 0. The molecule has 0 unspecified atom stereocenters. The summed E-state index contributed by atoms with van der Waals surface area (Å²) in [5.74, 6) is -0.102. The van der Waals surface area contributed by atoms with Crippen molar-refractivity contribution in [2.24, 2.45) is 5.92 Å². The van der Waals surface area contributed by atoms with E-state index in [0.717, 1.165) is 26.1 Å². The van der Waals surface area contributed by atoms with E-state index >= 15 is 0 Å². The van der Waals surface area contributed by atoms with Gasteiger partial charge < -0.3 is 14.9 Å². The quantitative estimate of drug-likeness (QED) is 0.809. The molecule has 0 aromatic carbocycles. The Labute approximate surface area is 114 Å². The number of urea groups is 1. The van der Waals surface area contributed by atoms with Crippen molar-refractivity contribution in [3.05, 3.63) is 0 Å². The number of hydrogen-bond donors (Lipinski definition) is 1. The maximum absolute atomic E-state index is 12.3. The van der Waals surface area contributed by atoms with Gasteiger partial charge in [-0.15, -0.1) is 0 Å². The van der Waals surface area contributed by atoms with Crippen LogP contribution in [-0.4, -0.2) is 78.1 Å². The first-order valence-electron chi connectivity index (χ1n) is 7.00. The van der Waals surface area contributed by atoms with E-state index in [2.05, 4.69) is 0 Å². The van der Waals surface area contributed by atoms with Crippen molar-refractivity contribution < 1.29 is 14.7 Å². The molecule has 0 atom stereocenters. The van der Waals surface area contributed by atoms with Crippen molar-refractivity contribution >= 4 is 12.0 Å². The van der Waals surface area contributed by atoms with Gasteiger partial charge in [-0.2, -0.15) is 0 Å². The van der Waals surface area contributed by atoms with Crippen LogP contribution in [0.25, 0.3) is 0 Å². The monoisotopic (exact) mass is 269 g/mol. The van der Waals surface area contributed by atoms with Gasteiger partial charge >= 0.3 is 12.0 Å². The molecule has 0 aromatic rings. The molecule has 2 aliphatic rings. The van der Waals surface area contributed by atoms with E-state index in [1.54, 1.807) is 0 Å². The van der Waals surface area contributed by atoms with E-state index in [9.17, 15) is 9.59 Å². The van der Waals surface area contributed by atoms with Crippen molar-refractivity contribution in [1.82, 2.24) is 14.7 Å². The average Bonchev–Trinajstić information content (AvgIpc) is 3.15. The van der Waals surface area contributed by atoms with E-state index in [1.165, 1.54) is 12.8 Å². The molecule has 2 fully saturated rings. The Hall–Kier alpha value is -1.30. The van der Waals surface area contributed by atoms with Gasteiger partial charge in [0.25, 0.3) is 0 Å². The summed E-state index contributed by atoms with van der Waals surface area (Å²) in [5, 5.41) is 8.80. The second-order valence-corrected chi connectivity index (χ2v) is 5.62. The number of hydrogen-bond acceptors (Lipinski definition) is 3. The zero-order chi connectivity index (χ0) is 13.8. The molecule has 19 heavy (non-hydrogen) atoms. The summed E-state index contributed by atoms with van der Waals surface area (Å²) in [6.07, 6.45) is 3.32. The standard InChI is InChI=1S/C13H23N3O3/c1-14(9-11-3-4-11)13(19)16-6-2-5-15(7-8-16)10-12(17)18/h11H,2-10H2,1H3,(H,17,18). The van der Waals surface area contributed by atoms with Gasteiger partial charge in [-0.1, -0.05) is 0 Å². The Kier molecular flexibility index (Phi) is 4.63. The number of carbonyl (C=O) groups excluding carboxylic acids is 1. The lowest BCUT2D eigenvalue weighted by Crippen LogP contribution is -2.44. The fourth-order valence-corrected chi connectivity index (χ4v) is 2.52.